The Labute approximate surface area is 156 Å². The van der Waals surface area contributed by atoms with Gasteiger partial charge in [-0.3, -0.25) is 4.99 Å². The first-order chi connectivity index (χ1) is 12.7. The summed E-state index contributed by atoms with van der Waals surface area (Å²) in [4.78, 5) is 4.36. The first kappa shape index (κ1) is 18.5. The molecular formula is C22H29N3O. The summed E-state index contributed by atoms with van der Waals surface area (Å²) in [5.41, 5.74) is 5.16. The Morgan fingerprint density at radius 2 is 1.92 bits per heavy atom. The first-order valence-corrected chi connectivity index (χ1v) is 9.34. The van der Waals surface area contributed by atoms with Crippen molar-refractivity contribution < 1.29 is 4.74 Å². The van der Waals surface area contributed by atoms with E-state index < -0.39 is 0 Å². The standard InChI is InChI=1S/C22H29N3O/c1-16-9-10-19(17(2)13-16)14-24-22(23-3)25-15-20-11-12-26-21(20)18-7-5-4-6-8-18/h4-10,13,20-21H,11-12,14-15H2,1-3H3,(H2,23,24,25). The normalized spacial score (nSPS) is 20.2. The number of guanidine groups is 1. The topological polar surface area (TPSA) is 45.7 Å². The lowest BCUT2D eigenvalue weighted by Crippen LogP contribution is -2.40. The van der Waals surface area contributed by atoms with E-state index in [4.69, 9.17) is 4.74 Å². The molecule has 0 spiro atoms. The van der Waals surface area contributed by atoms with Crippen LogP contribution in [-0.4, -0.2) is 26.2 Å². The molecule has 4 nitrogen and oxygen atoms in total. The molecule has 1 fully saturated rings. The van der Waals surface area contributed by atoms with E-state index >= 15 is 0 Å². The molecule has 26 heavy (non-hydrogen) atoms. The Kier molecular flexibility index (Phi) is 6.29. The fraction of sp³-hybridized carbons (Fsp3) is 0.409. The molecule has 0 aliphatic carbocycles. The average Bonchev–Trinajstić information content (AvgIpc) is 3.12. The second kappa shape index (κ2) is 8.86. The van der Waals surface area contributed by atoms with Crippen molar-refractivity contribution in [2.45, 2.75) is 32.9 Å². The summed E-state index contributed by atoms with van der Waals surface area (Å²) in [6, 6.07) is 17.0. The van der Waals surface area contributed by atoms with Crippen LogP contribution in [0.5, 0.6) is 0 Å². The van der Waals surface area contributed by atoms with Gasteiger partial charge in [0, 0.05) is 32.7 Å². The SMILES string of the molecule is CN=C(NCc1ccc(C)cc1C)NCC1CCOC1c1ccccc1. The molecule has 0 bridgehead atoms. The minimum atomic E-state index is 0.168. The molecule has 3 rings (SSSR count). The molecule has 4 heteroatoms. The van der Waals surface area contributed by atoms with Gasteiger partial charge in [-0.05, 0) is 37.0 Å². The van der Waals surface area contributed by atoms with Crippen LogP contribution in [0.15, 0.2) is 53.5 Å². The van der Waals surface area contributed by atoms with Crippen LogP contribution in [0, 0.1) is 19.8 Å². The van der Waals surface area contributed by atoms with E-state index in [1.807, 2.05) is 13.1 Å². The van der Waals surface area contributed by atoms with E-state index in [-0.39, 0.29) is 6.10 Å². The second-order valence-electron chi connectivity index (χ2n) is 6.99. The van der Waals surface area contributed by atoms with Gasteiger partial charge >= 0.3 is 0 Å². The van der Waals surface area contributed by atoms with Gasteiger partial charge in [-0.2, -0.15) is 0 Å². The van der Waals surface area contributed by atoms with Crippen LogP contribution in [0.1, 0.15) is 34.8 Å². The van der Waals surface area contributed by atoms with Gasteiger partial charge in [-0.25, -0.2) is 0 Å². The third-order valence-corrected chi connectivity index (χ3v) is 5.04. The molecule has 0 radical (unpaired) electrons. The van der Waals surface area contributed by atoms with Crippen molar-refractivity contribution in [2.24, 2.45) is 10.9 Å². The third-order valence-electron chi connectivity index (χ3n) is 5.04. The predicted molar refractivity (Wildman–Crippen MR) is 107 cm³/mol. The van der Waals surface area contributed by atoms with Crippen molar-refractivity contribution in [3.63, 3.8) is 0 Å². The van der Waals surface area contributed by atoms with Crippen molar-refractivity contribution in [1.82, 2.24) is 10.6 Å². The summed E-state index contributed by atoms with van der Waals surface area (Å²) in [7, 11) is 1.82. The highest BCUT2D eigenvalue weighted by Crippen LogP contribution is 2.33. The van der Waals surface area contributed by atoms with Crippen LogP contribution >= 0.6 is 0 Å². The first-order valence-electron chi connectivity index (χ1n) is 9.34. The Morgan fingerprint density at radius 3 is 2.65 bits per heavy atom. The van der Waals surface area contributed by atoms with E-state index in [0.717, 1.165) is 32.1 Å². The number of hydrogen-bond donors (Lipinski definition) is 2. The number of ether oxygens (including phenoxy) is 1. The second-order valence-corrected chi connectivity index (χ2v) is 6.99. The number of nitrogens with one attached hydrogen (secondary N) is 2. The van der Waals surface area contributed by atoms with Gasteiger partial charge in [0.1, 0.15) is 0 Å². The molecule has 1 aliphatic heterocycles. The van der Waals surface area contributed by atoms with Crippen molar-refractivity contribution >= 4 is 5.96 Å². The molecule has 1 saturated heterocycles. The zero-order chi connectivity index (χ0) is 18.4. The quantitative estimate of drug-likeness (QED) is 0.637. The molecule has 0 saturated carbocycles. The minimum absolute atomic E-state index is 0.168. The van der Waals surface area contributed by atoms with Gasteiger partial charge < -0.3 is 15.4 Å². The molecule has 2 aromatic rings. The van der Waals surface area contributed by atoms with Crippen LogP contribution in [0.3, 0.4) is 0 Å². The Bertz CT molecular complexity index is 742. The highest BCUT2D eigenvalue weighted by Gasteiger charge is 2.29. The van der Waals surface area contributed by atoms with Crippen LogP contribution in [0.2, 0.25) is 0 Å². The number of aryl methyl sites for hydroxylation is 2. The van der Waals surface area contributed by atoms with E-state index in [9.17, 15) is 0 Å². The number of hydrogen-bond acceptors (Lipinski definition) is 2. The Morgan fingerprint density at radius 1 is 1.12 bits per heavy atom. The number of aliphatic imine (C=N–C) groups is 1. The maximum absolute atomic E-state index is 5.97. The van der Waals surface area contributed by atoms with Crippen molar-refractivity contribution in [3.8, 4) is 0 Å². The van der Waals surface area contributed by atoms with Crippen molar-refractivity contribution in [1.29, 1.82) is 0 Å². The molecule has 2 aromatic carbocycles. The third kappa shape index (κ3) is 4.64. The molecule has 2 atom stereocenters. The van der Waals surface area contributed by atoms with Gasteiger partial charge in [0.25, 0.3) is 0 Å². The molecule has 0 aromatic heterocycles. The predicted octanol–water partition coefficient (Wildman–Crippen LogP) is 3.75. The lowest BCUT2D eigenvalue weighted by molar-refractivity contribution is 0.0915. The molecular weight excluding hydrogens is 322 g/mol. The highest BCUT2D eigenvalue weighted by atomic mass is 16.5. The molecule has 2 N–H and O–H groups in total. The zero-order valence-electron chi connectivity index (χ0n) is 16.0. The summed E-state index contributed by atoms with van der Waals surface area (Å²) in [5, 5.41) is 6.89. The number of benzene rings is 2. The van der Waals surface area contributed by atoms with Crippen LogP contribution in [0.4, 0.5) is 0 Å². The summed E-state index contributed by atoms with van der Waals surface area (Å²) in [6.45, 7) is 6.72. The maximum Gasteiger partial charge on any atom is 0.191 e. The summed E-state index contributed by atoms with van der Waals surface area (Å²) in [5.74, 6) is 1.29. The van der Waals surface area contributed by atoms with Crippen LogP contribution < -0.4 is 10.6 Å². The molecule has 1 heterocycles. The summed E-state index contributed by atoms with van der Waals surface area (Å²) < 4.78 is 5.97. The van der Waals surface area contributed by atoms with Gasteiger partial charge in [0.2, 0.25) is 0 Å². The molecule has 0 amide bonds. The van der Waals surface area contributed by atoms with E-state index in [2.05, 4.69) is 71.9 Å². The largest absolute Gasteiger partial charge is 0.373 e. The monoisotopic (exact) mass is 351 g/mol. The van der Waals surface area contributed by atoms with Gasteiger partial charge in [-0.1, -0.05) is 54.1 Å². The van der Waals surface area contributed by atoms with Crippen molar-refractivity contribution in [3.05, 3.63) is 70.8 Å². The highest BCUT2D eigenvalue weighted by molar-refractivity contribution is 5.79. The average molecular weight is 351 g/mol. The lowest BCUT2D eigenvalue weighted by Gasteiger charge is -2.21. The Hall–Kier alpha value is -2.33. The van der Waals surface area contributed by atoms with E-state index in [1.54, 1.807) is 0 Å². The Balaban J connectivity index is 1.54. The van der Waals surface area contributed by atoms with Gasteiger partial charge in [-0.15, -0.1) is 0 Å². The summed E-state index contributed by atoms with van der Waals surface area (Å²) >= 11 is 0. The lowest BCUT2D eigenvalue weighted by atomic mass is 9.95. The van der Waals surface area contributed by atoms with Crippen molar-refractivity contribution in [2.75, 3.05) is 20.2 Å². The van der Waals surface area contributed by atoms with Crippen LogP contribution in [-0.2, 0) is 11.3 Å². The summed E-state index contributed by atoms with van der Waals surface area (Å²) in [6.07, 6.45) is 1.24. The maximum atomic E-state index is 5.97. The van der Waals surface area contributed by atoms with E-state index in [1.165, 1.54) is 22.3 Å². The fourth-order valence-electron chi connectivity index (χ4n) is 3.53. The molecule has 2 unspecified atom stereocenters. The van der Waals surface area contributed by atoms with Gasteiger partial charge in [0.15, 0.2) is 5.96 Å². The fourth-order valence-corrected chi connectivity index (χ4v) is 3.53. The zero-order valence-corrected chi connectivity index (χ0v) is 16.0. The van der Waals surface area contributed by atoms with E-state index in [0.29, 0.717) is 5.92 Å². The smallest absolute Gasteiger partial charge is 0.191 e. The number of nitrogens with zero attached hydrogens (tertiary/aromatic N) is 1. The van der Waals surface area contributed by atoms with Crippen LogP contribution in [0.25, 0.3) is 0 Å². The minimum Gasteiger partial charge on any atom is -0.373 e. The molecule has 138 valence electrons. The van der Waals surface area contributed by atoms with Gasteiger partial charge in [0.05, 0.1) is 6.10 Å². The molecule has 1 aliphatic rings. The number of rotatable bonds is 5.